The van der Waals surface area contributed by atoms with Crippen LogP contribution in [-0.2, 0) is 10.8 Å². The molecule has 2 nitrogen and oxygen atoms in total. The Balaban J connectivity index is 1.12. The molecular weight excluding hydrogens is 713 g/mol. The van der Waals surface area contributed by atoms with Gasteiger partial charge in [0.05, 0.1) is 11.0 Å². The largest absolute Gasteiger partial charge is 0.310 e. The summed E-state index contributed by atoms with van der Waals surface area (Å²) in [5.74, 6) is 0. The second kappa shape index (κ2) is 13.7. The first kappa shape index (κ1) is 36.7. The van der Waals surface area contributed by atoms with E-state index in [1.165, 1.54) is 72.0 Å². The van der Waals surface area contributed by atoms with E-state index in [9.17, 15) is 0 Å². The molecule has 0 saturated heterocycles. The van der Waals surface area contributed by atoms with Crippen LogP contribution in [0, 0.1) is 5.41 Å². The Kier molecular flexibility index (Phi) is 8.54. The van der Waals surface area contributed by atoms with Gasteiger partial charge in [0.1, 0.15) is 0 Å². The van der Waals surface area contributed by atoms with Crippen LogP contribution >= 0.6 is 0 Å². The summed E-state index contributed by atoms with van der Waals surface area (Å²) in [5.41, 5.74) is 17.2. The molecule has 10 rings (SSSR count). The summed E-state index contributed by atoms with van der Waals surface area (Å²) in [6.07, 6.45) is 0. The Labute approximate surface area is 349 Å². The number of hydrogen-bond acceptors (Lipinski definition) is 1. The van der Waals surface area contributed by atoms with Crippen molar-refractivity contribution in [3.8, 4) is 39.1 Å². The Morgan fingerprint density at radius 2 is 0.780 bits per heavy atom. The van der Waals surface area contributed by atoms with Crippen molar-refractivity contribution < 1.29 is 0 Å². The first-order chi connectivity index (χ1) is 28.5. The number of benzene rings is 8. The molecule has 0 saturated carbocycles. The molecule has 1 aliphatic rings. The molecule has 8 aromatic carbocycles. The molecule has 0 amide bonds. The minimum atomic E-state index is 0.00912. The Morgan fingerprint density at radius 3 is 1.34 bits per heavy atom. The lowest BCUT2D eigenvalue weighted by molar-refractivity contribution is 0.125. The smallest absolute Gasteiger partial charge is 0.0544 e. The SMILES string of the molecule is CC1(C)c2cc3c4cc(-c5cccc(N(c6ccc(-c7ccccc7)cc6)c6ccc(-c7ccccc7)cc6)c5)ccc4n(-c4ccccc4)c3cc2C(C)(C)C1(C)C. The zero-order valence-corrected chi connectivity index (χ0v) is 34.9. The first-order valence-electron chi connectivity index (χ1n) is 20.9. The van der Waals surface area contributed by atoms with Crippen LogP contribution in [0.4, 0.5) is 17.1 Å². The van der Waals surface area contributed by atoms with Gasteiger partial charge in [-0.25, -0.2) is 0 Å². The maximum absolute atomic E-state index is 2.53. The molecule has 0 unspecified atom stereocenters. The summed E-state index contributed by atoms with van der Waals surface area (Å²) >= 11 is 0. The van der Waals surface area contributed by atoms with Gasteiger partial charge in [-0.15, -0.1) is 0 Å². The predicted molar refractivity (Wildman–Crippen MR) is 252 cm³/mol. The summed E-state index contributed by atoms with van der Waals surface area (Å²) in [7, 11) is 0. The average molecular weight is 763 g/mol. The van der Waals surface area contributed by atoms with Gasteiger partial charge in [0.15, 0.2) is 0 Å². The van der Waals surface area contributed by atoms with Crippen molar-refractivity contribution in [2.75, 3.05) is 4.90 Å². The Morgan fingerprint density at radius 1 is 0.339 bits per heavy atom. The second-order valence-electron chi connectivity index (χ2n) is 17.9. The highest BCUT2D eigenvalue weighted by Crippen LogP contribution is 2.62. The molecule has 0 aliphatic heterocycles. The lowest BCUT2D eigenvalue weighted by atomic mass is 9.59. The zero-order valence-electron chi connectivity index (χ0n) is 34.9. The fourth-order valence-corrected chi connectivity index (χ4v) is 9.73. The molecular formula is C57H50N2. The van der Waals surface area contributed by atoms with E-state index in [4.69, 9.17) is 0 Å². The van der Waals surface area contributed by atoms with E-state index in [1.54, 1.807) is 0 Å². The minimum absolute atomic E-state index is 0.00912. The minimum Gasteiger partial charge on any atom is -0.310 e. The third kappa shape index (κ3) is 5.84. The van der Waals surface area contributed by atoms with Gasteiger partial charge in [0, 0.05) is 33.5 Å². The van der Waals surface area contributed by atoms with Gasteiger partial charge in [-0.1, -0.05) is 163 Å². The zero-order chi connectivity index (χ0) is 40.5. The van der Waals surface area contributed by atoms with Crippen molar-refractivity contribution in [2.45, 2.75) is 52.4 Å². The maximum atomic E-state index is 2.53. The van der Waals surface area contributed by atoms with E-state index in [0.717, 1.165) is 17.1 Å². The molecule has 1 aliphatic carbocycles. The normalized spacial score (nSPS) is 15.0. The predicted octanol–water partition coefficient (Wildman–Crippen LogP) is 15.8. The van der Waals surface area contributed by atoms with E-state index in [2.05, 4.69) is 245 Å². The molecule has 0 spiro atoms. The van der Waals surface area contributed by atoms with Gasteiger partial charge in [-0.3, -0.25) is 0 Å². The third-order valence-corrected chi connectivity index (χ3v) is 14.3. The Hall–Kier alpha value is -6.64. The number of para-hydroxylation sites is 1. The van der Waals surface area contributed by atoms with Crippen LogP contribution in [0.1, 0.15) is 52.7 Å². The summed E-state index contributed by atoms with van der Waals surface area (Å²) in [4.78, 5) is 2.38. The van der Waals surface area contributed by atoms with E-state index < -0.39 is 0 Å². The van der Waals surface area contributed by atoms with Crippen molar-refractivity contribution in [3.63, 3.8) is 0 Å². The number of anilines is 3. The van der Waals surface area contributed by atoms with Crippen LogP contribution in [0.15, 0.2) is 194 Å². The third-order valence-electron chi connectivity index (χ3n) is 14.3. The van der Waals surface area contributed by atoms with Crippen molar-refractivity contribution in [1.29, 1.82) is 0 Å². The van der Waals surface area contributed by atoms with E-state index in [0.29, 0.717) is 0 Å². The lowest BCUT2D eigenvalue weighted by Crippen LogP contribution is -2.42. The standard InChI is InChI=1S/C57H50N2/c1-55(2)51-37-50-49-36-44(29-34-53(49)59(45-22-14-9-15-23-45)54(50)38-52(51)56(3,4)57(55,5)6)43-21-16-24-48(35-43)58(46-30-25-41(26-31-46)39-17-10-7-11-18-39)47-32-27-42(28-33-47)40-19-12-8-13-20-40/h7-38H,1-6H3. The van der Waals surface area contributed by atoms with Gasteiger partial charge >= 0.3 is 0 Å². The summed E-state index contributed by atoms with van der Waals surface area (Å²) < 4.78 is 2.47. The van der Waals surface area contributed by atoms with Crippen LogP contribution in [0.3, 0.4) is 0 Å². The molecule has 59 heavy (non-hydrogen) atoms. The van der Waals surface area contributed by atoms with Crippen LogP contribution in [0.25, 0.3) is 60.9 Å². The molecule has 0 N–H and O–H groups in total. The first-order valence-corrected chi connectivity index (χ1v) is 20.9. The average Bonchev–Trinajstić information content (AvgIpc) is 3.64. The van der Waals surface area contributed by atoms with E-state index in [-0.39, 0.29) is 16.2 Å². The molecule has 0 radical (unpaired) electrons. The molecule has 0 fully saturated rings. The molecule has 1 heterocycles. The fourth-order valence-electron chi connectivity index (χ4n) is 9.73. The molecule has 2 heteroatoms. The van der Waals surface area contributed by atoms with Gasteiger partial charge in [0.25, 0.3) is 0 Å². The topological polar surface area (TPSA) is 8.17 Å². The number of hydrogen-bond donors (Lipinski definition) is 0. The lowest BCUT2D eigenvalue weighted by Gasteiger charge is -2.44. The van der Waals surface area contributed by atoms with Gasteiger partial charge in [0.2, 0.25) is 0 Å². The fraction of sp³-hybridized carbons (Fsp3) is 0.158. The molecule has 9 aromatic rings. The maximum Gasteiger partial charge on any atom is 0.0544 e. The van der Waals surface area contributed by atoms with E-state index in [1.807, 2.05) is 0 Å². The van der Waals surface area contributed by atoms with Crippen molar-refractivity contribution in [3.05, 3.63) is 205 Å². The molecule has 1 aromatic heterocycles. The summed E-state index contributed by atoms with van der Waals surface area (Å²) in [6.45, 7) is 14.7. The number of nitrogens with zero attached hydrogens (tertiary/aromatic N) is 2. The number of rotatable bonds is 7. The van der Waals surface area contributed by atoms with Crippen molar-refractivity contribution >= 4 is 38.9 Å². The van der Waals surface area contributed by atoms with Crippen LogP contribution < -0.4 is 4.90 Å². The highest BCUT2D eigenvalue weighted by atomic mass is 15.1. The van der Waals surface area contributed by atoms with Gasteiger partial charge < -0.3 is 9.47 Å². The molecule has 0 bridgehead atoms. The van der Waals surface area contributed by atoms with Crippen molar-refractivity contribution in [1.82, 2.24) is 4.57 Å². The molecule has 288 valence electrons. The Bertz CT molecular complexity index is 2890. The highest BCUT2D eigenvalue weighted by molar-refractivity contribution is 6.11. The van der Waals surface area contributed by atoms with Gasteiger partial charge in [-0.05, 0) is 134 Å². The van der Waals surface area contributed by atoms with Gasteiger partial charge in [-0.2, -0.15) is 0 Å². The van der Waals surface area contributed by atoms with Crippen molar-refractivity contribution in [2.24, 2.45) is 5.41 Å². The van der Waals surface area contributed by atoms with E-state index >= 15 is 0 Å². The number of fused-ring (bicyclic) bond motifs is 4. The van der Waals surface area contributed by atoms with Crippen LogP contribution in [0.2, 0.25) is 0 Å². The quantitative estimate of drug-likeness (QED) is 0.157. The summed E-state index contributed by atoms with van der Waals surface area (Å²) in [5, 5.41) is 2.58. The van der Waals surface area contributed by atoms with Crippen LogP contribution in [0.5, 0.6) is 0 Å². The summed E-state index contributed by atoms with van der Waals surface area (Å²) in [6, 6.07) is 71.1. The second-order valence-corrected chi connectivity index (χ2v) is 17.9. The number of aromatic nitrogens is 1. The highest BCUT2D eigenvalue weighted by Gasteiger charge is 2.57. The molecule has 0 atom stereocenters. The monoisotopic (exact) mass is 762 g/mol. The van der Waals surface area contributed by atoms with Crippen LogP contribution in [-0.4, -0.2) is 4.57 Å².